The minimum Gasteiger partial charge on any atom is -0.503 e. The lowest BCUT2D eigenvalue weighted by Gasteiger charge is -2.18. The van der Waals surface area contributed by atoms with Gasteiger partial charge in [0, 0.05) is 0 Å². The molecule has 0 radical (unpaired) electrons. The molecule has 1 aromatic rings. The van der Waals surface area contributed by atoms with Gasteiger partial charge in [0.25, 0.3) is 0 Å². The van der Waals surface area contributed by atoms with Crippen LogP contribution in [0.25, 0.3) is 0 Å². The normalized spacial score (nSPS) is 10.9. The zero-order valence-corrected chi connectivity index (χ0v) is 11.1. The fourth-order valence-electron chi connectivity index (χ4n) is 1.26. The van der Waals surface area contributed by atoms with Crippen LogP contribution in [0.4, 0.5) is 0 Å². The van der Waals surface area contributed by atoms with Gasteiger partial charge < -0.3 is 9.84 Å². The summed E-state index contributed by atoms with van der Waals surface area (Å²) in [5.74, 6) is 0.467. The first-order valence-corrected chi connectivity index (χ1v) is 5.78. The van der Waals surface area contributed by atoms with E-state index in [0.29, 0.717) is 16.8 Å². The summed E-state index contributed by atoms with van der Waals surface area (Å²) in [6.45, 7) is 5.95. The lowest BCUT2D eigenvalue weighted by atomic mass is 9.86. The maximum atomic E-state index is 9.74. The Kier molecular flexibility index (Phi) is 3.82. The second kappa shape index (κ2) is 4.75. The molecule has 1 aromatic carbocycles. The lowest BCUT2D eigenvalue weighted by molar-refractivity contribution is 0.316. The second-order valence-electron chi connectivity index (χ2n) is 3.97. The van der Waals surface area contributed by atoms with Gasteiger partial charge in [-0.1, -0.05) is 0 Å². The predicted octanol–water partition coefficient (Wildman–Crippen LogP) is 3.35. The summed E-state index contributed by atoms with van der Waals surface area (Å²) in [6, 6.07) is 5.65. The van der Waals surface area contributed by atoms with E-state index >= 15 is 0 Å². The number of phenols is 1. The van der Waals surface area contributed by atoms with Crippen molar-refractivity contribution in [3.8, 4) is 17.6 Å². The standard InChI is InChI=1S/C12H14BrNO2/c1-4-16-10-6-8(12(2,3)7-14)5-9(13)11(10)15/h5-6,15H,4H2,1-3H3. The molecule has 4 heteroatoms. The van der Waals surface area contributed by atoms with Crippen LogP contribution in [0.5, 0.6) is 11.5 Å². The van der Waals surface area contributed by atoms with E-state index in [4.69, 9.17) is 10.00 Å². The summed E-state index contributed by atoms with van der Waals surface area (Å²) in [5.41, 5.74) is 0.199. The van der Waals surface area contributed by atoms with Gasteiger partial charge in [-0.2, -0.15) is 5.26 Å². The molecule has 1 rings (SSSR count). The zero-order chi connectivity index (χ0) is 12.3. The van der Waals surface area contributed by atoms with Crippen molar-refractivity contribution < 1.29 is 9.84 Å². The van der Waals surface area contributed by atoms with Crippen LogP contribution in [0.15, 0.2) is 16.6 Å². The summed E-state index contributed by atoms with van der Waals surface area (Å²) in [7, 11) is 0. The first kappa shape index (κ1) is 12.9. The number of nitrogens with zero attached hydrogens (tertiary/aromatic N) is 1. The van der Waals surface area contributed by atoms with Crippen molar-refractivity contribution >= 4 is 15.9 Å². The minimum absolute atomic E-state index is 0.0688. The zero-order valence-electron chi connectivity index (χ0n) is 9.54. The monoisotopic (exact) mass is 283 g/mol. The van der Waals surface area contributed by atoms with E-state index in [1.165, 1.54) is 0 Å². The molecule has 0 bridgehead atoms. The molecule has 0 aliphatic rings. The van der Waals surface area contributed by atoms with Crippen LogP contribution in [-0.4, -0.2) is 11.7 Å². The molecule has 0 saturated carbocycles. The highest BCUT2D eigenvalue weighted by atomic mass is 79.9. The van der Waals surface area contributed by atoms with Gasteiger partial charge in [-0.15, -0.1) is 0 Å². The quantitative estimate of drug-likeness (QED) is 0.926. The Balaban J connectivity index is 3.30. The predicted molar refractivity (Wildman–Crippen MR) is 65.6 cm³/mol. The van der Waals surface area contributed by atoms with E-state index in [0.717, 1.165) is 5.56 Å². The van der Waals surface area contributed by atoms with Gasteiger partial charge in [-0.05, 0) is 54.4 Å². The Labute approximate surface area is 104 Å². The fourth-order valence-corrected chi connectivity index (χ4v) is 1.71. The number of hydrogen-bond acceptors (Lipinski definition) is 3. The fraction of sp³-hybridized carbons (Fsp3) is 0.417. The van der Waals surface area contributed by atoms with Gasteiger partial charge in [0.2, 0.25) is 0 Å². The van der Waals surface area contributed by atoms with E-state index in [1.807, 2.05) is 20.8 Å². The number of hydrogen-bond donors (Lipinski definition) is 1. The van der Waals surface area contributed by atoms with Crippen molar-refractivity contribution in [3.63, 3.8) is 0 Å². The Morgan fingerprint density at radius 1 is 1.50 bits per heavy atom. The van der Waals surface area contributed by atoms with Gasteiger partial charge in [0.15, 0.2) is 11.5 Å². The molecule has 0 aliphatic carbocycles. The molecule has 0 heterocycles. The molecule has 0 spiro atoms. The molecule has 0 saturated heterocycles. The first-order chi connectivity index (χ1) is 7.42. The van der Waals surface area contributed by atoms with Crippen LogP contribution >= 0.6 is 15.9 Å². The van der Waals surface area contributed by atoms with Crippen LogP contribution in [0.1, 0.15) is 26.3 Å². The van der Waals surface area contributed by atoms with Crippen LogP contribution in [0.2, 0.25) is 0 Å². The van der Waals surface area contributed by atoms with Gasteiger partial charge in [0.1, 0.15) is 0 Å². The molecule has 86 valence electrons. The van der Waals surface area contributed by atoms with Gasteiger partial charge >= 0.3 is 0 Å². The van der Waals surface area contributed by atoms with Gasteiger partial charge in [-0.3, -0.25) is 0 Å². The maximum absolute atomic E-state index is 9.74. The summed E-state index contributed by atoms with van der Waals surface area (Å²) >= 11 is 3.25. The minimum atomic E-state index is -0.609. The highest BCUT2D eigenvalue weighted by molar-refractivity contribution is 9.10. The van der Waals surface area contributed by atoms with Crippen LogP contribution in [0, 0.1) is 11.3 Å². The number of nitriles is 1. The number of rotatable bonds is 3. The van der Waals surface area contributed by atoms with Crippen molar-refractivity contribution in [2.45, 2.75) is 26.2 Å². The summed E-state index contributed by atoms with van der Waals surface area (Å²) < 4.78 is 5.85. The molecular formula is C12H14BrNO2. The summed E-state index contributed by atoms with van der Waals surface area (Å²) in [5, 5.41) is 18.8. The van der Waals surface area contributed by atoms with Crippen LogP contribution < -0.4 is 4.74 Å². The van der Waals surface area contributed by atoms with Crippen molar-refractivity contribution in [3.05, 3.63) is 22.2 Å². The molecule has 0 aromatic heterocycles. The number of phenolic OH excluding ortho intramolecular Hbond substituents is 1. The topological polar surface area (TPSA) is 53.2 Å². The lowest BCUT2D eigenvalue weighted by Crippen LogP contribution is -2.14. The van der Waals surface area contributed by atoms with Crippen molar-refractivity contribution in [2.24, 2.45) is 0 Å². The average molecular weight is 284 g/mol. The van der Waals surface area contributed by atoms with Gasteiger partial charge in [-0.25, -0.2) is 0 Å². The SMILES string of the molecule is CCOc1cc(C(C)(C)C#N)cc(Br)c1O. The van der Waals surface area contributed by atoms with E-state index in [1.54, 1.807) is 12.1 Å². The highest BCUT2D eigenvalue weighted by Crippen LogP contribution is 2.38. The molecule has 0 fully saturated rings. The Hall–Kier alpha value is -1.21. The molecule has 3 nitrogen and oxygen atoms in total. The Bertz CT molecular complexity index is 435. The van der Waals surface area contributed by atoms with E-state index in [2.05, 4.69) is 22.0 Å². The third-order valence-electron chi connectivity index (χ3n) is 2.33. The molecule has 1 N–H and O–H groups in total. The molecule has 0 aliphatic heterocycles. The smallest absolute Gasteiger partial charge is 0.172 e. The number of benzene rings is 1. The average Bonchev–Trinajstić information content (AvgIpc) is 2.24. The summed E-state index contributed by atoms with van der Waals surface area (Å²) in [6.07, 6.45) is 0. The third kappa shape index (κ3) is 2.48. The number of halogens is 1. The third-order valence-corrected chi connectivity index (χ3v) is 2.93. The van der Waals surface area contributed by atoms with E-state index in [9.17, 15) is 5.11 Å². The van der Waals surface area contributed by atoms with E-state index in [-0.39, 0.29) is 5.75 Å². The number of aromatic hydroxyl groups is 1. The molecule has 0 atom stereocenters. The van der Waals surface area contributed by atoms with Crippen LogP contribution in [-0.2, 0) is 5.41 Å². The maximum Gasteiger partial charge on any atom is 0.172 e. The van der Waals surface area contributed by atoms with Crippen LogP contribution in [0.3, 0.4) is 0 Å². The molecule has 16 heavy (non-hydrogen) atoms. The summed E-state index contributed by atoms with van der Waals surface area (Å²) in [4.78, 5) is 0. The number of ether oxygens (including phenoxy) is 1. The van der Waals surface area contributed by atoms with E-state index < -0.39 is 5.41 Å². The second-order valence-corrected chi connectivity index (χ2v) is 4.83. The Morgan fingerprint density at radius 2 is 2.12 bits per heavy atom. The molecule has 0 unspecified atom stereocenters. The largest absolute Gasteiger partial charge is 0.503 e. The van der Waals surface area contributed by atoms with Crippen molar-refractivity contribution in [1.29, 1.82) is 5.26 Å². The Morgan fingerprint density at radius 3 is 2.62 bits per heavy atom. The highest BCUT2D eigenvalue weighted by Gasteiger charge is 2.22. The van der Waals surface area contributed by atoms with Gasteiger partial charge in [0.05, 0.1) is 22.6 Å². The van der Waals surface area contributed by atoms with Crippen molar-refractivity contribution in [2.75, 3.05) is 6.61 Å². The molecular weight excluding hydrogens is 270 g/mol. The molecule has 0 amide bonds. The first-order valence-electron chi connectivity index (χ1n) is 4.99. The van der Waals surface area contributed by atoms with Crippen molar-refractivity contribution in [1.82, 2.24) is 0 Å².